The van der Waals surface area contributed by atoms with Crippen LogP contribution in [0.2, 0.25) is 5.02 Å². The van der Waals surface area contributed by atoms with Gasteiger partial charge in [0.25, 0.3) is 0 Å². The first-order chi connectivity index (χ1) is 16.0. The zero-order chi connectivity index (χ0) is 22.9. The van der Waals surface area contributed by atoms with Gasteiger partial charge in [0.2, 0.25) is 5.95 Å². The number of piperidine rings is 1. The summed E-state index contributed by atoms with van der Waals surface area (Å²) in [6.07, 6.45) is 10.5. The van der Waals surface area contributed by atoms with Crippen LogP contribution < -0.4 is 10.6 Å². The summed E-state index contributed by atoms with van der Waals surface area (Å²) in [6.45, 7) is 4.29. The normalized spacial score (nSPS) is 14.8. The van der Waals surface area contributed by atoms with Crippen LogP contribution in [-0.2, 0) is 13.0 Å². The molecule has 1 aliphatic rings. The molecule has 0 saturated carbocycles. The molecule has 0 unspecified atom stereocenters. The van der Waals surface area contributed by atoms with Gasteiger partial charge < -0.3 is 15.2 Å². The summed E-state index contributed by atoms with van der Waals surface area (Å²) in [5, 5.41) is 1.37. The number of aromatic nitrogens is 4. The van der Waals surface area contributed by atoms with Gasteiger partial charge in [0.1, 0.15) is 5.82 Å². The summed E-state index contributed by atoms with van der Waals surface area (Å²) in [5.41, 5.74) is 9.68. The SMILES string of the molecule is CCc1cnc(N2CCC(c3cnc(Cn4ccc5cc(N)cc(F)c54)c(Cl)c3)CC2)nc1. The van der Waals surface area contributed by atoms with Gasteiger partial charge in [-0.3, -0.25) is 4.98 Å². The van der Waals surface area contributed by atoms with Crippen molar-refractivity contribution in [2.24, 2.45) is 0 Å². The number of anilines is 2. The van der Waals surface area contributed by atoms with E-state index in [-0.39, 0.29) is 5.82 Å². The average Bonchev–Trinajstić information content (AvgIpc) is 3.23. The quantitative estimate of drug-likeness (QED) is 0.411. The molecule has 6 nitrogen and oxygen atoms in total. The van der Waals surface area contributed by atoms with E-state index in [1.807, 2.05) is 41.5 Å². The van der Waals surface area contributed by atoms with Crippen LogP contribution in [0.4, 0.5) is 16.0 Å². The van der Waals surface area contributed by atoms with Gasteiger partial charge in [-0.25, -0.2) is 14.4 Å². The third kappa shape index (κ3) is 4.37. The molecule has 1 aromatic carbocycles. The Labute approximate surface area is 197 Å². The number of fused-ring (bicyclic) bond motifs is 1. The topological polar surface area (TPSA) is 72.9 Å². The monoisotopic (exact) mass is 464 g/mol. The van der Waals surface area contributed by atoms with E-state index in [9.17, 15) is 4.39 Å². The molecule has 0 atom stereocenters. The van der Waals surface area contributed by atoms with Gasteiger partial charge >= 0.3 is 0 Å². The Balaban J connectivity index is 1.28. The molecule has 0 spiro atoms. The van der Waals surface area contributed by atoms with E-state index in [2.05, 4.69) is 26.8 Å². The Morgan fingerprint density at radius 1 is 1.09 bits per heavy atom. The van der Waals surface area contributed by atoms with Crippen LogP contribution in [0.15, 0.2) is 49.1 Å². The summed E-state index contributed by atoms with van der Waals surface area (Å²) in [7, 11) is 0. The van der Waals surface area contributed by atoms with Crippen LogP contribution in [0.25, 0.3) is 10.9 Å². The average molecular weight is 465 g/mol. The molecule has 5 rings (SSSR count). The Kier molecular flexibility index (Phi) is 5.89. The molecule has 33 heavy (non-hydrogen) atoms. The number of hydrogen-bond acceptors (Lipinski definition) is 5. The van der Waals surface area contributed by atoms with E-state index in [0.29, 0.717) is 28.7 Å². The summed E-state index contributed by atoms with van der Waals surface area (Å²) in [5.74, 6) is 0.843. The van der Waals surface area contributed by atoms with Gasteiger partial charge in [0, 0.05) is 49.0 Å². The number of hydrogen-bond donors (Lipinski definition) is 1. The largest absolute Gasteiger partial charge is 0.399 e. The molecule has 8 heteroatoms. The molecular formula is C25H26ClFN6. The lowest BCUT2D eigenvalue weighted by Gasteiger charge is -2.32. The predicted octanol–water partition coefficient (Wildman–Crippen LogP) is 5.20. The van der Waals surface area contributed by atoms with E-state index in [1.165, 1.54) is 6.07 Å². The van der Waals surface area contributed by atoms with Crippen molar-refractivity contribution in [1.82, 2.24) is 19.5 Å². The van der Waals surface area contributed by atoms with E-state index >= 15 is 0 Å². The molecule has 0 aliphatic carbocycles. The first-order valence-electron chi connectivity index (χ1n) is 11.3. The fourth-order valence-corrected chi connectivity index (χ4v) is 4.77. The van der Waals surface area contributed by atoms with Crippen LogP contribution >= 0.6 is 11.6 Å². The lowest BCUT2D eigenvalue weighted by molar-refractivity contribution is 0.498. The van der Waals surface area contributed by atoms with Crippen LogP contribution in [0, 0.1) is 5.82 Å². The number of nitrogens with two attached hydrogens (primary N) is 1. The maximum atomic E-state index is 14.5. The molecule has 170 valence electrons. The van der Waals surface area contributed by atoms with Crippen molar-refractivity contribution in [3.8, 4) is 0 Å². The van der Waals surface area contributed by atoms with Crippen molar-refractivity contribution < 1.29 is 4.39 Å². The minimum Gasteiger partial charge on any atom is -0.399 e. The second-order valence-electron chi connectivity index (χ2n) is 8.59. The van der Waals surface area contributed by atoms with E-state index in [1.54, 1.807) is 6.07 Å². The zero-order valence-electron chi connectivity index (χ0n) is 18.5. The molecule has 0 bridgehead atoms. The maximum absolute atomic E-state index is 14.5. The highest BCUT2D eigenvalue weighted by atomic mass is 35.5. The Bertz CT molecular complexity index is 1280. The number of aryl methyl sites for hydroxylation is 1. The number of halogens is 2. The van der Waals surface area contributed by atoms with Crippen molar-refractivity contribution in [3.63, 3.8) is 0 Å². The molecule has 2 N–H and O–H groups in total. The fourth-order valence-electron chi connectivity index (χ4n) is 4.54. The first kappa shape index (κ1) is 21.6. The lowest BCUT2D eigenvalue weighted by atomic mass is 9.90. The summed E-state index contributed by atoms with van der Waals surface area (Å²) in [6, 6.07) is 6.97. The number of nitrogen functional groups attached to an aromatic ring is 1. The van der Waals surface area contributed by atoms with Gasteiger partial charge in [0.05, 0.1) is 22.8 Å². The van der Waals surface area contributed by atoms with Gasteiger partial charge in [-0.15, -0.1) is 0 Å². The molecular weight excluding hydrogens is 439 g/mol. The highest BCUT2D eigenvalue weighted by Gasteiger charge is 2.23. The van der Waals surface area contributed by atoms with E-state index in [0.717, 1.165) is 60.5 Å². The Hall–Kier alpha value is -3.19. The van der Waals surface area contributed by atoms with Crippen LogP contribution in [0.1, 0.15) is 42.5 Å². The summed E-state index contributed by atoms with van der Waals surface area (Å²) < 4.78 is 16.3. The van der Waals surface area contributed by atoms with Crippen molar-refractivity contribution in [1.29, 1.82) is 0 Å². The Morgan fingerprint density at radius 3 is 2.55 bits per heavy atom. The standard InChI is InChI=1S/C25H26ClFN6/c1-2-16-12-30-25(31-13-16)32-6-3-17(4-7-32)19-10-21(26)23(29-14-19)15-33-8-5-18-9-20(28)11-22(27)24(18)33/h5,8-14,17H,2-4,6-7,15,28H2,1H3. The van der Waals surface area contributed by atoms with Gasteiger partial charge in [-0.1, -0.05) is 18.5 Å². The van der Waals surface area contributed by atoms with Crippen molar-refractivity contribution in [3.05, 3.63) is 76.7 Å². The predicted molar refractivity (Wildman–Crippen MR) is 130 cm³/mol. The van der Waals surface area contributed by atoms with Gasteiger partial charge in [-0.2, -0.15) is 0 Å². The number of nitrogens with zero attached hydrogens (tertiary/aromatic N) is 5. The van der Waals surface area contributed by atoms with E-state index < -0.39 is 0 Å². The summed E-state index contributed by atoms with van der Waals surface area (Å²) in [4.78, 5) is 15.9. The Morgan fingerprint density at radius 2 is 1.85 bits per heavy atom. The number of rotatable bonds is 5. The van der Waals surface area contributed by atoms with Gasteiger partial charge in [0.15, 0.2) is 0 Å². The van der Waals surface area contributed by atoms with Crippen LogP contribution in [-0.4, -0.2) is 32.6 Å². The second kappa shape index (κ2) is 8.98. The molecule has 3 aromatic heterocycles. The number of benzene rings is 1. The van der Waals surface area contributed by atoms with Crippen LogP contribution in [0.3, 0.4) is 0 Å². The smallest absolute Gasteiger partial charge is 0.225 e. The van der Waals surface area contributed by atoms with E-state index in [4.69, 9.17) is 17.3 Å². The number of pyridine rings is 1. The fraction of sp³-hybridized carbons (Fsp3) is 0.320. The first-order valence-corrected chi connectivity index (χ1v) is 11.6. The minimum absolute atomic E-state index is 0.345. The highest BCUT2D eigenvalue weighted by molar-refractivity contribution is 6.31. The van der Waals surface area contributed by atoms with Crippen LogP contribution in [0.5, 0.6) is 0 Å². The molecule has 4 heterocycles. The molecule has 1 aliphatic heterocycles. The molecule has 4 aromatic rings. The molecule has 0 radical (unpaired) electrons. The van der Waals surface area contributed by atoms with Crippen molar-refractivity contribution in [2.45, 2.75) is 38.6 Å². The lowest BCUT2D eigenvalue weighted by Crippen LogP contribution is -2.34. The third-order valence-electron chi connectivity index (χ3n) is 6.44. The molecule has 1 saturated heterocycles. The van der Waals surface area contributed by atoms with Crippen molar-refractivity contribution >= 4 is 34.1 Å². The zero-order valence-corrected chi connectivity index (χ0v) is 19.3. The highest BCUT2D eigenvalue weighted by Crippen LogP contribution is 2.32. The molecule has 0 amide bonds. The van der Waals surface area contributed by atoms with Gasteiger partial charge in [-0.05, 0) is 60.6 Å². The summed E-state index contributed by atoms with van der Waals surface area (Å²) >= 11 is 6.61. The van der Waals surface area contributed by atoms with Crippen molar-refractivity contribution in [2.75, 3.05) is 23.7 Å². The second-order valence-corrected chi connectivity index (χ2v) is 8.99. The minimum atomic E-state index is -0.345. The molecule has 1 fully saturated rings. The maximum Gasteiger partial charge on any atom is 0.225 e. The third-order valence-corrected chi connectivity index (χ3v) is 6.77.